The summed E-state index contributed by atoms with van der Waals surface area (Å²) in [7, 11) is -4.37. The lowest BCUT2D eigenvalue weighted by atomic mass is 9.95. The standard InChI is InChI=1S/C31H35FN4O6S/c1-2-29(31(38)33-25-10-5-3-6-11-25)34(21-23-16-18-24(32)19-17-23)30(37)22-35(26-12-9-13-27(20-26)36(39)40)43(41,42)28-14-7-4-8-15-28/h4,7-9,12-20,25,29H,2-3,5-6,10-11,21-22H2,1H3,(H,33,38)/t29-/m0/s1. The Balaban J connectivity index is 1.72. The zero-order valence-corrected chi connectivity index (χ0v) is 24.7. The Morgan fingerprint density at radius 1 is 1.00 bits per heavy atom. The second-order valence-electron chi connectivity index (χ2n) is 10.5. The highest BCUT2D eigenvalue weighted by atomic mass is 32.2. The summed E-state index contributed by atoms with van der Waals surface area (Å²) in [4.78, 5) is 39.7. The summed E-state index contributed by atoms with van der Waals surface area (Å²) in [5, 5.41) is 14.6. The molecule has 3 aromatic carbocycles. The molecule has 0 aliphatic heterocycles. The van der Waals surface area contributed by atoms with Crippen molar-refractivity contribution in [3.63, 3.8) is 0 Å². The monoisotopic (exact) mass is 610 g/mol. The van der Waals surface area contributed by atoms with E-state index in [0.29, 0.717) is 5.56 Å². The van der Waals surface area contributed by atoms with E-state index in [1.165, 1.54) is 71.6 Å². The Morgan fingerprint density at radius 2 is 1.67 bits per heavy atom. The highest BCUT2D eigenvalue weighted by Gasteiger charge is 2.34. The Morgan fingerprint density at radius 3 is 2.30 bits per heavy atom. The van der Waals surface area contributed by atoms with Gasteiger partial charge in [0.2, 0.25) is 11.8 Å². The molecule has 1 aliphatic rings. The lowest BCUT2D eigenvalue weighted by molar-refractivity contribution is -0.384. The molecule has 12 heteroatoms. The van der Waals surface area contributed by atoms with E-state index in [-0.39, 0.29) is 41.2 Å². The second-order valence-corrected chi connectivity index (χ2v) is 12.4. The first-order valence-corrected chi connectivity index (χ1v) is 15.7. The first kappa shape index (κ1) is 31.6. The number of nitrogens with one attached hydrogen (secondary N) is 1. The number of rotatable bonds is 12. The van der Waals surface area contributed by atoms with Crippen molar-refractivity contribution in [3.8, 4) is 0 Å². The Labute approximate surface area is 250 Å². The van der Waals surface area contributed by atoms with Gasteiger partial charge in [-0.25, -0.2) is 12.8 Å². The van der Waals surface area contributed by atoms with Crippen LogP contribution in [0, 0.1) is 15.9 Å². The summed E-state index contributed by atoms with van der Waals surface area (Å²) >= 11 is 0. The number of carbonyl (C=O) groups is 2. The number of anilines is 1. The third-order valence-corrected chi connectivity index (χ3v) is 9.33. The molecule has 4 rings (SSSR count). The van der Waals surface area contributed by atoms with E-state index in [1.54, 1.807) is 13.0 Å². The number of benzene rings is 3. The van der Waals surface area contributed by atoms with Gasteiger partial charge >= 0.3 is 0 Å². The van der Waals surface area contributed by atoms with Gasteiger partial charge in [0.25, 0.3) is 15.7 Å². The molecule has 0 aromatic heterocycles. The van der Waals surface area contributed by atoms with E-state index in [2.05, 4.69) is 5.32 Å². The van der Waals surface area contributed by atoms with Crippen LogP contribution in [0.4, 0.5) is 15.8 Å². The van der Waals surface area contributed by atoms with E-state index < -0.39 is 39.3 Å². The van der Waals surface area contributed by atoms with E-state index in [4.69, 9.17) is 0 Å². The van der Waals surface area contributed by atoms with Crippen molar-refractivity contribution in [3.05, 3.63) is 100 Å². The predicted molar refractivity (Wildman–Crippen MR) is 160 cm³/mol. The van der Waals surface area contributed by atoms with Gasteiger partial charge in [0, 0.05) is 24.7 Å². The maximum absolute atomic E-state index is 14.1. The number of hydrogen-bond donors (Lipinski definition) is 1. The Bertz CT molecular complexity index is 1530. The SMILES string of the molecule is CC[C@@H](C(=O)NC1CCCCC1)N(Cc1ccc(F)cc1)C(=O)CN(c1cccc([N+](=O)[O-])c1)S(=O)(=O)c1ccccc1. The molecular formula is C31H35FN4O6S. The molecule has 1 saturated carbocycles. The predicted octanol–water partition coefficient (Wildman–Crippen LogP) is 5.19. The molecule has 0 radical (unpaired) electrons. The summed E-state index contributed by atoms with van der Waals surface area (Å²) in [6, 6.07) is 17.0. The molecule has 1 aliphatic carbocycles. The van der Waals surface area contributed by atoms with Gasteiger partial charge in [-0.05, 0) is 55.2 Å². The summed E-state index contributed by atoms with van der Waals surface area (Å²) in [5.74, 6) is -1.51. The van der Waals surface area contributed by atoms with Gasteiger partial charge in [0.1, 0.15) is 18.4 Å². The van der Waals surface area contributed by atoms with Crippen molar-refractivity contribution < 1.29 is 27.3 Å². The lowest BCUT2D eigenvalue weighted by Crippen LogP contribution is -2.54. The van der Waals surface area contributed by atoms with Crippen molar-refractivity contribution in [2.45, 2.75) is 69.0 Å². The molecule has 43 heavy (non-hydrogen) atoms. The summed E-state index contributed by atoms with van der Waals surface area (Å²) in [6.07, 6.45) is 5.01. The van der Waals surface area contributed by atoms with Gasteiger partial charge in [0.05, 0.1) is 15.5 Å². The van der Waals surface area contributed by atoms with Crippen LogP contribution in [0.25, 0.3) is 0 Å². The zero-order chi connectivity index (χ0) is 31.0. The summed E-state index contributed by atoms with van der Waals surface area (Å²) < 4.78 is 42.2. The van der Waals surface area contributed by atoms with Crippen molar-refractivity contribution in [1.29, 1.82) is 0 Å². The number of nitro groups is 1. The molecule has 0 saturated heterocycles. The number of halogens is 1. The van der Waals surface area contributed by atoms with Crippen LogP contribution in [-0.4, -0.2) is 48.7 Å². The molecule has 0 unspecified atom stereocenters. The van der Waals surface area contributed by atoms with Crippen molar-refractivity contribution >= 4 is 33.2 Å². The fourth-order valence-electron chi connectivity index (χ4n) is 5.26. The number of non-ortho nitro benzene ring substituents is 1. The van der Waals surface area contributed by atoms with Crippen LogP contribution in [0.3, 0.4) is 0 Å². The molecule has 1 N–H and O–H groups in total. The molecule has 2 amide bonds. The molecule has 1 fully saturated rings. The zero-order valence-electron chi connectivity index (χ0n) is 23.9. The van der Waals surface area contributed by atoms with Crippen LogP contribution in [0.5, 0.6) is 0 Å². The van der Waals surface area contributed by atoms with E-state index >= 15 is 0 Å². The van der Waals surface area contributed by atoms with Crippen LogP contribution in [0.1, 0.15) is 51.0 Å². The first-order valence-electron chi connectivity index (χ1n) is 14.3. The molecule has 228 valence electrons. The average molecular weight is 611 g/mol. The number of nitro benzene ring substituents is 1. The van der Waals surface area contributed by atoms with Crippen molar-refractivity contribution in [2.75, 3.05) is 10.8 Å². The quantitative estimate of drug-likeness (QED) is 0.222. The number of hydrogen-bond acceptors (Lipinski definition) is 6. The normalized spacial score (nSPS) is 14.5. The van der Waals surface area contributed by atoms with Crippen LogP contribution >= 0.6 is 0 Å². The highest BCUT2D eigenvalue weighted by Crippen LogP contribution is 2.28. The van der Waals surface area contributed by atoms with Gasteiger partial charge in [0.15, 0.2) is 0 Å². The molecule has 0 heterocycles. The third kappa shape index (κ3) is 7.95. The lowest BCUT2D eigenvalue weighted by Gasteiger charge is -2.34. The summed E-state index contributed by atoms with van der Waals surface area (Å²) in [5.41, 5.74) is 0.124. The minimum absolute atomic E-state index is 0.0158. The van der Waals surface area contributed by atoms with Gasteiger partial charge in [-0.15, -0.1) is 0 Å². The van der Waals surface area contributed by atoms with Crippen molar-refractivity contribution in [2.24, 2.45) is 0 Å². The number of carbonyl (C=O) groups excluding carboxylic acids is 2. The highest BCUT2D eigenvalue weighted by molar-refractivity contribution is 7.92. The van der Waals surface area contributed by atoms with Crippen LogP contribution in [0.15, 0.2) is 83.8 Å². The molecule has 10 nitrogen and oxygen atoms in total. The maximum Gasteiger partial charge on any atom is 0.271 e. The topological polar surface area (TPSA) is 130 Å². The Hall–Kier alpha value is -4.32. The molecular weight excluding hydrogens is 575 g/mol. The van der Waals surface area contributed by atoms with E-state index in [9.17, 15) is 32.5 Å². The average Bonchev–Trinajstić information content (AvgIpc) is 3.01. The smallest absolute Gasteiger partial charge is 0.271 e. The molecule has 3 aromatic rings. The van der Waals surface area contributed by atoms with Crippen LogP contribution in [0.2, 0.25) is 0 Å². The minimum Gasteiger partial charge on any atom is -0.352 e. The minimum atomic E-state index is -4.37. The summed E-state index contributed by atoms with van der Waals surface area (Å²) in [6.45, 7) is 0.950. The van der Waals surface area contributed by atoms with Crippen LogP contribution < -0.4 is 9.62 Å². The number of amides is 2. The van der Waals surface area contributed by atoms with E-state index in [1.807, 2.05) is 0 Å². The number of nitrogens with zero attached hydrogens (tertiary/aromatic N) is 3. The molecule has 1 atom stereocenters. The maximum atomic E-state index is 14.1. The van der Waals surface area contributed by atoms with E-state index in [0.717, 1.165) is 42.5 Å². The van der Waals surface area contributed by atoms with Crippen molar-refractivity contribution in [1.82, 2.24) is 10.2 Å². The van der Waals surface area contributed by atoms with Gasteiger partial charge in [-0.2, -0.15) is 0 Å². The molecule has 0 spiro atoms. The first-order chi connectivity index (χ1) is 20.6. The van der Waals surface area contributed by atoms with Crippen LogP contribution in [-0.2, 0) is 26.2 Å². The number of sulfonamides is 1. The molecule has 0 bridgehead atoms. The largest absolute Gasteiger partial charge is 0.352 e. The fourth-order valence-corrected chi connectivity index (χ4v) is 6.69. The fraction of sp³-hybridized carbons (Fsp3) is 0.355. The van der Waals surface area contributed by atoms with Gasteiger partial charge < -0.3 is 10.2 Å². The van der Waals surface area contributed by atoms with Gasteiger partial charge in [-0.3, -0.25) is 24.0 Å². The second kappa shape index (κ2) is 14.2. The third-order valence-electron chi connectivity index (χ3n) is 7.54. The Kier molecular flexibility index (Phi) is 10.5. The van der Waals surface area contributed by atoms with Gasteiger partial charge in [-0.1, -0.05) is 62.6 Å².